The Kier molecular flexibility index (Phi) is 5.18. The number of hydrogen-bond acceptors (Lipinski definition) is 4. The van der Waals surface area contributed by atoms with Crippen molar-refractivity contribution in [3.05, 3.63) is 29.1 Å². The molecule has 1 fully saturated rings. The van der Waals surface area contributed by atoms with Crippen molar-refractivity contribution < 1.29 is 9.21 Å². The lowest BCUT2D eigenvalue weighted by Gasteiger charge is -2.29. The summed E-state index contributed by atoms with van der Waals surface area (Å²) in [6, 6.07) is 5.51. The molecule has 1 N–H and O–H groups in total. The molecule has 5 nitrogen and oxygen atoms in total. The molecule has 1 aliphatic heterocycles. The average molecular weight is 336 g/mol. The first-order valence-electron chi connectivity index (χ1n) is 8.20. The number of hydrogen-bond donors (Lipinski definition) is 1. The molecule has 2 heterocycles. The lowest BCUT2D eigenvalue weighted by molar-refractivity contribution is -0.122. The third kappa shape index (κ3) is 4.03. The number of amides is 1. The second-order valence-corrected chi connectivity index (χ2v) is 6.50. The van der Waals surface area contributed by atoms with Gasteiger partial charge < -0.3 is 9.73 Å². The number of oxazole rings is 1. The van der Waals surface area contributed by atoms with Crippen LogP contribution in [0.5, 0.6) is 0 Å². The number of piperidine rings is 1. The molecule has 0 aliphatic carbocycles. The molecule has 0 atom stereocenters. The molecule has 0 bridgehead atoms. The van der Waals surface area contributed by atoms with Gasteiger partial charge in [0.15, 0.2) is 11.5 Å². The van der Waals surface area contributed by atoms with Gasteiger partial charge >= 0.3 is 0 Å². The van der Waals surface area contributed by atoms with Gasteiger partial charge in [0, 0.05) is 17.5 Å². The van der Waals surface area contributed by atoms with Crippen LogP contribution >= 0.6 is 11.6 Å². The summed E-state index contributed by atoms with van der Waals surface area (Å²) in [5.74, 6) is 1.22. The number of fused-ring (bicyclic) bond motifs is 1. The predicted octanol–water partition coefficient (Wildman–Crippen LogP) is 3.19. The van der Waals surface area contributed by atoms with Gasteiger partial charge in [0.2, 0.25) is 5.91 Å². The molecule has 1 aliphatic rings. The maximum atomic E-state index is 11.8. The average Bonchev–Trinajstić information content (AvgIpc) is 2.96. The zero-order valence-corrected chi connectivity index (χ0v) is 14.1. The number of rotatable bonds is 5. The van der Waals surface area contributed by atoms with Crippen LogP contribution in [-0.2, 0) is 4.79 Å². The molecule has 2 aromatic rings. The topological polar surface area (TPSA) is 58.4 Å². The lowest BCUT2D eigenvalue weighted by Crippen LogP contribution is -2.41. The first-order valence-corrected chi connectivity index (χ1v) is 8.58. The highest BCUT2D eigenvalue weighted by molar-refractivity contribution is 6.31. The van der Waals surface area contributed by atoms with Crippen molar-refractivity contribution in [2.24, 2.45) is 0 Å². The Morgan fingerprint density at radius 1 is 1.43 bits per heavy atom. The summed E-state index contributed by atoms with van der Waals surface area (Å²) >= 11 is 5.99. The van der Waals surface area contributed by atoms with E-state index in [4.69, 9.17) is 16.0 Å². The van der Waals surface area contributed by atoms with Crippen LogP contribution in [0.2, 0.25) is 5.02 Å². The molecule has 0 spiro atoms. The molecular formula is C17H22ClN3O2. The quantitative estimate of drug-likeness (QED) is 0.911. The van der Waals surface area contributed by atoms with Crippen LogP contribution in [0.1, 0.15) is 38.0 Å². The van der Waals surface area contributed by atoms with E-state index in [1.165, 1.54) is 0 Å². The summed E-state index contributed by atoms with van der Waals surface area (Å²) in [6.45, 7) is 5.07. The van der Waals surface area contributed by atoms with Crippen LogP contribution < -0.4 is 5.32 Å². The minimum Gasteiger partial charge on any atom is -0.440 e. The summed E-state index contributed by atoms with van der Waals surface area (Å²) in [6.07, 6.45) is 2.89. The van der Waals surface area contributed by atoms with Gasteiger partial charge in [-0.1, -0.05) is 18.5 Å². The van der Waals surface area contributed by atoms with Crippen molar-refractivity contribution in [1.29, 1.82) is 0 Å². The number of carbonyl (C=O) groups excluding carboxylic acids is 1. The fraction of sp³-hybridized carbons (Fsp3) is 0.529. The van der Waals surface area contributed by atoms with E-state index in [-0.39, 0.29) is 5.91 Å². The Labute approximate surface area is 141 Å². The molecule has 0 radical (unpaired) electrons. The maximum absolute atomic E-state index is 11.8. The van der Waals surface area contributed by atoms with Gasteiger partial charge in [-0.2, -0.15) is 0 Å². The molecule has 6 heteroatoms. The van der Waals surface area contributed by atoms with E-state index < -0.39 is 0 Å². The fourth-order valence-corrected chi connectivity index (χ4v) is 3.12. The highest BCUT2D eigenvalue weighted by Gasteiger charge is 2.25. The van der Waals surface area contributed by atoms with E-state index >= 15 is 0 Å². The Bertz CT molecular complexity index is 678. The summed E-state index contributed by atoms with van der Waals surface area (Å²) < 4.78 is 5.86. The molecule has 124 valence electrons. The molecule has 1 saturated heterocycles. The number of likely N-dealkylation sites (tertiary alicyclic amines) is 1. The van der Waals surface area contributed by atoms with E-state index in [0.29, 0.717) is 17.5 Å². The van der Waals surface area contributed by atoms with Gasteiger partial charge in [-0.25, -0.2) is 4.98 Å². The second kappa shape index (κ2) is 7.32. The molecule has 1 aromatic carbocycles. The number of carbonyl (C=O) groups is 1. The zero-order chi connectivity index (χ0) is 16.2. The maximum Gasteiger partial charge on any atom is 0.234 e. The normalized spacial score (nSPS) is 16.8. The van der Waals surface area contributed by atoms with Crippen molar-refractivity contribution in [2.45, 2.75) is 32.1 Å². The summed E-state index contributed by atoms with van der Waals surface area (Å²) in [5.41, 5.74) is 1.60. The van der Waals surface area contributed by atoms with E-state index in [2.05, 4.69) is 22.1 Å². The van der Waals surface area contributed by atoms with E-state index in [1.54, 1.807) is 0 Å². The lowest BCUT2D eigenvalue weighted by atomic mass is 9.97. The third-order valence-electron chi connectivity index (χ3n) is 4.24. The Balaban J connectivity index is 1.56. The first-order chi connectivity index (χ1) is 11.2. The van der Waals surface area contributed by atoms with E-state index in [0.717, 1.165) is 55.9 Å². The second-order valence-electron chi connectivity index (χ2n) is 6.06. The smallest absolute Gasteiger partial charge is 0.234 e. The fourth-order valence-electron chi connectivity index (χ4n) is 2.95. The molecule has 0 unspecified atom stereocenters. The largest absolute Gasteiger partial charge is 0.440 e. The highest BCUT2D eigenvalue weighted by atomic mass is 35.5. The Morgan fingerprint density at radius 3 is 2.96 bits per heavy atom. The molecule has 1 amide bonds. The van der Waals surface area contributed by atoms with Crippen LogP contribution in [0.15, 0.2) is 22.6 Å². The van der Waals surface area contributed by atoms with Crippen LogP contribution in [0.4, 0.5) is 0 Å². The van der Waals surface area contributed by atoms with Crippen molar-refractivity contribution in [3.63, 3.8) is 0 Å². The van der Waals surface area contributed by atoms with E-state index in [9.17, 15) is 4.79 Å². The number of aromatic nitrogens is 1. The van der Waals surface area contributed by atoms with Crippen molar-refractivity contribution in [3.8, 4) is 0 Å². The van der Waals surface area contributed by atoms with Crippen LogP contribution in [-0.4, -0.2) is 42.0 Å². The highest BCUT2D eigenvalue weighted by Crippen LogP contribution is 2.30. The van der Waals surface area contributed by atoms with Crippen LogP contribution in [0, 0.1) is 0 Å². The van der Waals surface area contributed by atoms with E-state index in [1.807, 2.05) is 18.2 Å². The molecule has 1 aromatic heterocycles. The minimum absolute atomic E-state index is 0.113. The van der Waals surface area contributed by atoms with Gasteiger partial charge in [0.25, 0.3) is 0 Å². The molecule has 0 saturated carbocycles. The number of benzene rings is 1. The van der Waals surface area contributed by atoms with Gasteiger partial charge in [-0.3, -0.25) is 9.69 Å². The summed E-state index contributed by atoms with van der Waals surface area (Å²) in [5, 5.41) is 3.59. The number of halogens is 1. The minimum atomic E-state index is 0.113. The third-order valence-corrected chi connectivity index (χ3v) is 4.48. The van der Waals surface area contributed by atoms with Gasteiger partial charge in [0.05, 0.1) is 6.54 Å². The predicted molar refractivity (Wildman–Crippen MR) is 90.7 cm³/mol. The standard InChI is InChI=1S/C17H22ClN3O2/c1-2-7-19-16(22)11-21-8-5-12(6-9-21)17-20-14-10-13(18)3-4-15(14)23-17/h3-4,10,12H,2,5-9,11H2,1H3,(H,19,22). The van der Waals surface area contributed by atoms with Gasteiger partial charge in [-0.05, 0) is 50.6 Å². The Hall–Kier alpha value is -1.59. The van der Waals surface area contributed by atoms with Gasteiger partial charge in [-0.15, -0.1) is 0 Å². The molecular weight excluding hydrogens is 314 g/mol. The Morgan fingerprint density at radius 2 is 2.22 bits per heavy atom. The summed E-state index contributed by atoms with van der Waals surface area (Å²) in [7, 11) is 0. The van der Waals surface area contributed by atoms with Crippen LogP contribution in [0.25, 0.3) is 11.1 Å². The van der Waals surface area contributed by atoms with Gasteiger partial charge in [0.1, 0.15) is 5.52 Å². The van der Waals surface area contributed by atoms with Crippen molar-refractivity contribution in [2.75, 3.05) is 26.2 Å². The monoisotopic (exact) mass is 335 g/mol. The van der Waals surface area contributed by atoms with Crippen molar-refractivity contribution >= 4 is 28.6 Å². The SMILES string of the molecule is CCCNC(=O)CN1CCC(c2nc3cc(Cl)ccc3o2)CC1. The first kappa shape index (κ1) is 16.3. The van der Waals surface area contributed by atoms with Crippen molar-refractivity contribution in [1.82, 2.24) is 15.2 Å². The van der Waals surface area contributed by atoms with Crippen LogP contribution in [0.3, 0.4) is 0 Å². The summed E-state index contributed by atoms with van der Waals surface area (Å²) in [4.78, 5) is 18.5. The molecule has 3 rings (SSSR count). The number of nitrogens with zero attached hydrogens (tertiary/aromatic N) is 2. The number of nitrogens with one attached hydrogen (secondary N) is 1. The zero-order valence-electron chi connectivity index (χ0n) is 13.3. The molecule has 23 heavy (non-hydrogen) atoms.